The molecule has 2 unspecified atom stereocenters. The van der Waals surface area contributed by atoms with Gasteiger partial charge in [-0.2, -0.15) is 0 Å². The van der Waals surface area contributed by atoms with Crippen molar-refractivity contribution >= 4 is 81.1 Å². The predicted molar refractivity (Wildman–Crippen MR) is 238 cm³/mol. The van der Waals surface area contributed by atoms with Crippen LogP contribution in [0.1, 0.15) is 29.0 Å². The molecule has 0 saturated heterocycles. The van der Waals surface area contributed by atoms with Crippen LogP contribution >= 0.6 is 11.3 Å². The third kappa shape index (κ3) is 5.15. The predicted octanol–water partition coefficient (Wildman–Crippen LogP) is 13.1. The Labute approximate surface area is 332 Å². The van der Waals surface area contributed by atoms with E-state index in [2.05, 4.69) is 191 Å². The van der Waals surface area contributed by atoms with Gasteiger partial charge in [0.05, 0.1) is 11.0 Å². The van der Waals surface area contributed by atoms with Crippen molar-refractivity contribution in [3.63, 3.8) is 0 Å². The van der Waals surface area contributed by atoms with E-state index in [-0.39, 0.29) is 12.3 Å². The molecule has 0 fully saturated rings. The zero-order valence-electron chi connectivity index (χ0n) is 30.7. The van der Waals surface area contributed by atoms with E-state index in [0.717, 1.165) is 50.0 Å². The number of hydrogen-bond acceptors (Lipinski definition) is 5. The molecule has 3 aromatic heterocycles. The molecule has 1 aliphatic rings. The quantitative estimate of drug-likeness (QED) is 0.184. The van der Waals surface area contributed by atoms with E-state index in [4.69, 9.17) is 9.41 Å². The number of rotatable bonds is 5. The largest absolute Gasteiger partial charge is 0.456 e. The lowest BCUT2D eigenvalue weighted by Gasteiger charge is -2.32. The summed E-state index contributed by atoms with van der Waals surface area (Å²) in [6.07, 6.45) is -0.444. The Morgan fingerprint density at radius 1 is 0.526 bits per heavy atom. The third-order valence-corrected chi connectivity index (χ3v) is 12.6. The van der Waals surface area contributed by atoms with Crippen LogP contribution in [0.25, 0.3) is 80.7 Å². The second-order valence-electron chi connectivity index (χ2n) is 14.8. The Morgan fingerprint density at radius 3 is 2.07 bits per heavy atom. The number of hydrogen-bond donors (Lipinski definition) is 2. The fourth-order valence-corrected chi connectivity index (χ4v) is 10.1. The molecule has 0 bridgehead atoms. The van der Waals surface area contributed by atoms with E-state index in [1.165, 1.54) is 53.2 Å². The first-order chi connectivity index (χ1) is 28.2. The zero-order chi connectivity index (χ0) is 37.5. The van der Waals surface area contributed by atoms with Gasteiger partial charge in [0.1, 0.15) is 29.3 Å². The molecule has 0 amide bonds. The number of aromatic nitrogens is 1. The molecule has 0 radical (unpaired) electrons. The summed E-state index contributed by atoms with van der Waals surface area (Å²) in [4.78, 5) is 5.29. The number of amidine groups is 1. The van der Waals surface area contributed by atoms with Crippen LogP contribution in [0.15, 0.2) is 191 Å². The number of thiophene rings is 1. The number of nitrogens with zero attached hydrogens (tertiary/aromatic N) is 2. The van der Waals surface area contributed by atoms with Crippen LogP contribution < -0.4 is 10.6 Å². The first-order valence-electron chi connectivity index (χ1n) is 19.4. The molecule has 0 spiro atoms. The first kappa shape index (κ1) is 32.3. The van der Waals surface area contributed by atoms with Crippen molar-refractivity contribution in [1.29, 1.82) is 0 Å². The van der Waals surface area contributed by atoms with E-state index >= 15 is 0 Å². The first-order valence-corrected chi connectivity index (χ1v) is 20.2. The van der Waals surface area contributed by atoms with Crippen molar-refractivity contribution in [2.75, 3.05) is 0 Å². The van der Waals surface area contributed by atoms with Crippen molar-refractivity contribution in [3.05, 3.63) is 199 Å². The van der Waals surface area contributed by atoms with Crippen molar-refractivity contribution in [1.82, 2.24) is 15.2 Å². The molecule has 0 aliphatic carbocycles. The van der Waals surface area contributed by atoms with E-state index in [1.54, 1.807) is 0 Å². The Morgan fingerprint density at radius 2 is 1.26 bits per heavy atom. The van der Waals surface area contributed by atoms with Gasteiger partial charge in [0.15, 0.2) is 0 Å². The molecule has 2 atom stereocenters. The van der Waals surface area contributed by atoms with E-state index in [1.807, 2.05) is 17.4 Å². The average molecular weight is 751 g/mol. The molecule has 5 nitrogen and oxygen atoms in total. The third-order valence-electron chi connectivity index (χ3n) is 11.5. The number of nitrogens with one attached hydrogen (secondary N) is 2. The Balaban J connectivity index is 1.00. The monoisotopic (exact) mass is 750 g/mol. The maximum absolute atomic E-state index is 6.56. The molecule has 57 heavy (non-hydrogen) atoms. The van der Waals surface area contributed by atoms with Crippen LogP contribution in [-0.4, -0.2) is 10.4 Å². The number of fused-ring (bicyclic) bond motifs is 9. The Hall–Kier alpha value is -6.99. The van der Waals surface area contributed by atoms with Gasteiger partial charge in [0, 0.05) is 58.5 Å². The minimum Gasteiger partial charge on any atom is -0.456 e. The van der Waals surface area contributed by atoms with Crippen LogP contribution in [0.4, 0.5) is 0 Å². The van der Waals surface area contributed by atoms with Crippen molar-refractivity contribution in [3.8, 4) is 16.8 Å². The fourth-order valence-electron chi connectivity index (χ4n) is 8.92. The fraction of sp³-hybridized carbons (Fsp3) is 0.0392. The molecule has 8 aromatic carbocycles. The summed E-state index contributed by atoms with van der Waals surface area (Å²) in [5.41, 5.74) is 11.0. The molecule has 6 heteroatoms. The summed E-state index contributed by atoms with van der Waals surface area (Å²) in [6, 6.07) is 64.9. The molecule has 11 aromatic rings. The highest BCUT2D eigenvalue weighted by Gasteiger charge is 2.28. The highest BCUT2D eigenvalue weighted by atomic mass is 32.1. The smallest absolute Gasteiger partial charge is 0.135 e. The lowest BCUT2D eigenvalue weighted by molar-refractivity contribution is 0.410. The van der Waals surface area contributed by atoms with Crippen molar-refractivity contribution < 1.29 is 4.42 Å². The maximum atomic E-state index is 6.56. The molecule has 270 valence electrons. The number of aliphatic imine (C=N–C) groups is 1. The van der Waals surface area contributed by atoms with Crippen molar-refractivity contribution in [2.24, 2.45) is 4.99 Å². The van der Waals surface area contributed by atoms with Gasteiger partial charge in [-0.3, -0.25) is 5.32 Å². The van der Waals surface area contributed by atoms with Crippen LogP contribution in [0.5, 0.6) is 0 Å². The summed E-state index contributed by atoms with van der Waals surface area (Å²) in [7, 11) is 0. The van der Waals surface area contributed by atoms with Gasteiger partial charge in [0.25, 0.3) is 0 Å². The molecular formula is C51H34N4OS. The molecule has 4 heterocycles. The molecule has 2 N–H and O–H groups in total. The maximum Gasteiger partial charge on any atom is 0.135 e. The summed E-state index contributed by atoms with van der Waals surface area (Å²) < 4.78 is 11.5. The minimum atomic E-state index is -0.312. The van der Waals surface area contributed by atoms with Gasteiger partial charge in [-0.1, -0.05) is 133 Å². The molecule has 12 rings (SSSR count). The van der Waals surface area contributed by atoms with Gasteiger partial charge in [-0.05, 0) is 65.2 Å². The van der Waals surface area contributed by atoms with Gasteiger partial charge >= 0.3 is 0 Å². The topological polar surface area (TPSA) is 54.5 Å². The van der Waals surface area contributed by atoms with Gasteiger partial charge in [0.2, 0.25) is 0 Å². The summed E-state index contributed by atoms with van der Waals surface area (Å²) >= 11 is 1.86. The summed E-state index contributed by atoms with van der Waals surface area (Å²) in [5, 5.41) is 14.7. The highest BCUT2D eigenvalue weighted by Crippen LogP contribution is 2.44. The minimum absolute atomic E-state index is 0.132. The van der Waals surface area contributed by atoms with Gasteiger partial charge < -0.3 is 14.3 Å². The van der Waals surface area contributed by atoms with Crippen LogP contribution in [-0.2, 0) is 0 Å². The normalized spacial score (nSPS) is 15.9. The average Bonchev–Trinajstić information content (AvgIpc) is 3.96. The van der Waals surface area contributed by atoms with E-state index in [0.29, 0.717) is 0 Å². The number of furan rings is 1. The Kier molecular flexibility index (Phi) is 7.24. The lowest BCUT2D eigenvalue weighted by Crippen LogP contribution is -2.44. The SMILES string of the molecule is c1ccc(C2=NC(c3cccc4oc5ccc(-c6cccc7sc8cc(-n9c%10ccccc%10c%10ccccc%109)ccc8c67)cc5c34)NC(c3ccccc3)N2)cc1. The van der Waals surface area contributed by atoms with Crippen LogP contribution in [0.3, 0.4) is 0 Å². The molecule has 1 aliphatic heterocycles. The van der Waals surface area contributed by atoms with Gasteiger partial charge in [-0.15, -0.1) is 11.3 Å². The second-order valence-corrected chi connectivity index (χ2v) is 15.8. The molecule has 0 saturated carbocycles. The standard InChI is InChI=1S/C51H34N4OS/c1-3-13-31(14-4-1)49-52-50(32-15-5-2-6-16-32)54-51(53-49)39-20-11-23-44-47(39)40-29-33(25-28-43(40)56-44)35-19-12-24-45-48(35)38-27-26-34(30-46(38)57-45)55-41-21-9-7-17-36(41)37-18-8-10-22-42(37)55/h1-30,49,51,53H,(H,52,54). The van der Waals surface area contributed by atoms with E-state index in [9.17, 15) is 0 Å². The summed E-state index contributed by atoms with van der Waals surface area (Å²) in [6.45, 7) is 0. The number of para-hydroxylation sites is 2. The van der Waals surface area contributed by atoms with Gasteiger partial charge in [-0.25, -0.2) is 4.99 Å². The van der Waals surface area contributed by atoms with Crippen molar-refractivity contribution in [2.45, 2.75) is 12.3 Å². The highest BCUT2D eigenvalue weighted by molar-refractivity contribution is 7.26. The second kappa shape index (κ2) is 12.8. The van der Waals surface area contributed by atoms with E-state index < -0.39 is 0 Å². The summed E-state index contributed by atoms with van der Waals surface area (Å²) in [5.74, 6) is 0.857. The zero-order valence-corrected chi connectivity index (χ0v) is 31.5. The molecular weight excluding hydrogens is 717 g/mol. The van der Waals surface area contributed by atoms with Crippen LogP contribution in [0.2, 0.25) is 0 Å². The number of benzene rings is 8. The Bertz CT molecular complexity index is 3320. The van der Waals surface area contributed by atoms with Crippen LogP contribution in [0, 0.1) is 0 Å². The lowest BCUT2D eigenvalue weighted by atomic mass is 9.96.